The SMILES string of the molecule is Nc1cccc(C(=O)N[C@@H]2C[C@@H](C(=O)N3CCNC(=O)C3)CC[C@H]2O)n1. The summed E-state index contributed by atoms with van der Waals surface area (Å²) >= 11 is 0. The van der Waals surface area contributed by atoms with Crippen LogP contribution >= 0.6 is 0 Å². The van der Waals surface area contributed by atoms with Gasteiger partial charge in [-0.15, -0.1) is 0 Å². The zero-order chi connectivity index (χ0) is 18.7. The first kappa shape index (κ1) is 18.1. The Balaban J connectivity index is 1.63. The Morgan fingerprint density at radius 1 is 1.35 bits per heavy atom. The molecule has 3 rings (SSSR count). The number of nitrogens with one attached hydrogen (secondary N) is 2. The highest BCUT2D eigenvalue weighted by Gasteiger charge is 2.36. The van der Waals surface area contributed by atoms with E-state index in [1.807, 2.05) is 0 Å². The molecule has 9 nitrogen and oxygen atoms in total. The van der Waals surface area contributed by atoms with Crippen molar-refractivity contribution in [3.05, 3.63) is 23.9 Å². The maximum atomic E-state index is 12.7. The number of aliphatic hydroxyl groups is 1. The fourth-order valence-electron chi connectivity index (χ4n) is 3.44. The topological polar surface area (TPSA) is 138 Å². The van der Waals surface area contributed by atoms with Crippen LogP contribution in [0.25, 0.3) is 0 Å². The summed E-state index contributed by atoms with van der Waals surface area (Å²) in [6.07, 6.45) is 0.535. The molecule has 1 aromatic rings. The molecule has 26 heavy (non-hydrogen) atoms. The van der Waals surface area contributed by atoms with Crippen LogP contribution in [-0.4, -0.2) is 64.5 Å². The van der Waals surface area contributed by atoms with Gasteiger partial charge < -0.3 is 26.4 Å². The van der Waals surface area contributed by atoms with E-state index in [9.17, 15) is 19.5 Å². The zero-order valence-corrected chi connectivity index (χ0v) is 14.4. The lowest BCUT2D eigenvalue weighted by molar-refractivity contribution is -0.143. The number of hydrogen-bond donors (Lipinski definition) is 4. The molecule has 1 saturated carbocycles. The van der Waals surface area contributed by atoms with Crippen LogP contribution in [0.15, 0.2) is 18.2 Å². The van der Waals surface area contributed by atoms with Gasteiger partial charge in [0.05, 0.1) is 18.7 Å². The van der Waals surface area contributed by atoms with Crippen molar-refractivity contribution in [1.82, 2.24) is 20.5 Å². The predicted molar refractivity (Wildman–Crippen MR) is 92.8 cm³/mol. The number of nitrogen functional groups attached to an aromatic ring is 1. The highest BCUT2D eigenvalue weighted by Crippen LogP contribution is 2.27. The number of pyridine rings is 1. The Hall–Kier alpha value is -2.68. The predicted octanol–water partition coefficient (Wildman–Crippen LogP) is -1.12. The van der Waals surface area contributed by atoms with Crippen molar-refractivity contribution in [3.63, 3.8) is 0 Å². The van der Waals surface area contributed by atoms with Crippen molar-refractivity contribution in [2.75, 3.05) is 25.4 Å². The van der Waals surface area contributed by atoms with Crippen LogP contribution < -0.4 is 16.4 Å². The summed E-state index contributed by atoms with van der Waals surface area (Å²) < 4.78 is 0. The van der Waals surface area contributed by atoms with Crippen LogP contribution in [0.2, 0.25) is 0 Å². The molecule has 1 saturated heterocycles. The van der Waals surface area contributed by atoms with E-state index in [-0.39, 0.29) is 35.8 Å². The van der Waals surface area contributed by atoms with Crippen LogP contribution in [0.1, 0.15) is 29.8 Å². The lowest BCUT2D eigenvalue weighted by Gasteiger charge is -2.36. The number of amides is 3. The molecule has 1 aromatic heterocycles. The molecule has 1 aliphatic carbocycles. The van der Waals surface area contributed by atoms with Crippen molar-refractivity contribution in [3.8, 4) is 0 Å². The summed E-state index contributed by atoms with van der Waals surface area (Å²) in [7, 11) is 0. The first-order valence-electron chi connectivity index (χ1n) is 8.71. The quantitative estimate of drug-likeness (QED) is 0.538. The number of aliphatic hydroxyl groups excluding tert-OH is 1. The Morgan fingerprint density at radius 2 is 2.15 bits per heavy atom. The molecule has 5 N–H and O–H groups in total. The fourth-order valence-corrected chi connectivity index (χ4v) is 3.44. The number of anilines is 1. The second kappa shape index (κ2) is 7.69. The van der Waals surface area contributed by atoms with Gasteiger partial charge in [-0.2, -0.15) is 0 Å². The number of piperazine rings is 1. The maximum Gasteiger partial charge on any atom is 0.270 e. The minimum atomic E-state index is -0.728. The van der Waals surface area contributed by atoms with Crippen LogP contribution in [-0.2, 0) is 9.59 Å². The Morgan fingerprint density at radius 3 is 2.88 bits per heavy atom. The van der Waals surface area contributed by atoms with Crippen LogP contribution in [0.4, 0.5) is 5.82 Å². The van der Waals surface area contributed by atoms with Gasteiger partial charge in [0.2, 0.25) is 11.8 Å². The molecule has 3 atom stereocenters. The van der Waals surface area contributed by atoms with E-state index in [1.165, 1.54) is 6.07 Å². The molecule has 9 heteroatoms. The van der Waals surface area contributed by atoms with Gasteiger partial charge in [0.15, 0.2) is 0 Å². The van der Waals surface area contributed by atoms with E-state index in [1.54, 1.807) is 17.0 Å². The van der Waals surface area contributed by atoms with Gasteiger partial charge in [-0.25, -0.2) is 4.98 Å². The van der Waals surface area contributed by atoms with Gasteiger partial charge in [-0.1, -0.05) is 6.07 Å². The molecule has 0 radical (unpaired) electrons. The molecular weight excluding hydrogens is 338 g/mol. The van der Waals surface area contributed by atoms with Crippen molar-refractivity contribution < 1.29 is 19.5 Å². The van der Waals surface area contributed by atoms with E-state index >= 15 is 0 Å². The minimum absolute atomic E-state index is 0.0577. The Bertz CT molecular complexity index is 710. The molecule has 140 valence electrons. The largest absolute Gasteiger partial charge is 0.391 e. The highest BCUT2D eigenvalue weighted by molar-refractivity contribution is 5.93. The van der Waals surface area contributed by atoms with Gasteiger partial charge in [-0.05, 0) is 31.4 Å². The Kier molecular flexibility index (Phi) is 5.36. The second-order valence-electron chi connectivity index (χ2n) is 6.71. The number of carbonyl (C=O) groups excluding carboxylic acids is 3. The molecular formula is C17H23N5O4. The first-order chi connectivity index (χ1) is 12.4. The standard InChI is InChI=1S/C17H23N5O4/c18-14-3-1-2-11(20-14)16(25)21-12-8-10(4-5-13(12)23)17(26)22-7-6-19-15(24)9-22/h1-3,10,12-13,23H,4-9H2,(H2,18,20)(H,19,24)(H,21,25)/t10-,12+,13+/m0/s1. The number of nitrogens with zero attached hydrogens (tertiary/aromatic N) is 2. The van der Waals surface area contributed by atoms with Crippen LogP contribution in [0, 0.1) is 5.92 Å². The van der Waals surface area contributed by atoms with Crippen molar-refractivity contribution in [2.45, 2.75) is 31.4 Å². The fraction of sp³-hybridized carbons (Fsp3) is 0.529. The molecule has 0 bridgehead atoms. The van der Waals surface area contributed by atoms with Gasteiger partial charge >= 0.3 is 0 Å². The summed E-state index contributed by atoms with van der Waals surface area (Å²) in [5.74, 6) is -0.806. The third-order valence-electron chi connectivity index (χ3n) is 4.83. The van der Waals surface area contributed by atoms with E-state index in [0.29, 0.717) is 32.4 Å². The van der Waals surface area contributed by atoms with Crippen molar-refractivity contribution in [1.29, 1.82) is 0 Å². The summed E-state index contributed by atoms with van der Waals surface area (Å²) in [6.45, 7) is 0.983. The summed E-state index contributed by atoms with van der Waals surface area (Å²) in [5, 5.41) is 15.7. The number of aromatic nitrogens is 1. The average molecular weight is 361 g/mol. The number of rotatable bonds is 3. The molecule has 0 spiro atoms. The van der Waals surface area contributed by atoms with Gasteiger partial charge in [0.25, 0.3) is 5.91 Å². The zero-order valence-electron chi connectivity index (χ0n) is 14.4. The average Bonchev–Trinajstić information content (AvgIpc) is 2.63. The van der Waals surface area contributed by atoms with Crippen LogP contribution in [0.3, 0.4) is 0 Å². The highest BCUT2D eigenvalue weighted by atomic mass is 16.3. The molecule has 2 aliphatic rings. The van der Waals surface area contributed by atoms with Crippen molar-refractivity contribution >= 4 is 23.5 Å². The van der Waals surface area contributed by atoms with Crippen molar-refractivity contribution in [2.24, 2.45) is 5.92 Å². The number of nitrogens with two attached hydrogens (primary N) is 1. The minimum Gasteiger partial charge on any atom is -0.391 e. The van der Waals surface area contributed by atoms with E-state index in [0.717, 1.165) is 0 Å². The maximum absolute atomic E-state index is 12.7. The Labute approximate surface area is 150 Å². The van der Waals surface area contributed by atoms with E-state index in [2.05, 4.69) is 15.6 Å². The molecule has 2 fully saturated rings. The summed E-state index contributed by atoms with van der Waals surface area (Å²) in [6, 6.07) is 4.19. The second-order valence-corrected chi connectivity index (χ2v) is 6.71. The van der Waals surface area contributed by atoms with Gasteiger partial charge in [-0.3, -0.25) is 14.4 Å². The third kappa shape index (κ3) is 4.10. The molecule has 3 amide bonds. The number of carbonyl (C=O) groups is 3. The molecule has 0 aromatic carbocycles. The molecule has 2 heterocycles. The van der Waals surface area contributed by atoms with Crippen LogP contribution in [0.5, 0.6) is 0 Å². The summed E-state index contributed by atoms with van der Waals surface area (Å²) in [5.41, 5.74) is 5.75. The van der Waals surface area contributed by atoms with Gasteiger partial charge in [0.1, 0.15) is 11.5 Å². The van der Waals surface area contributed by atoms with E-state index in [4.69, 9.17) is 5.73 Å². The molecule has 1 aliphatic heterocycles. The lowest BCUT2D eigenvalue weighted by atomic mass is 9.82. The monoisotopic (exact) mass is 361 g/mol. The van der Waals surface area contributed by atoms with E-state index < -0.39 is 18.1 Å². The third-order valence-corrected chi connectivity index (χ3v) is 4.83. The number of hydrogen-bond acceptors (Lipinski definition) is 6. The normalized spacial score (nSPS) is 26.1. The first-order valence-corrected chi connectivity index (χ1v) is 8.71. The summed E-state index contributed by atoms with van der Waals surface area (Å²) in [4.78, 5) is 42.0. The smallest absolute Gasteiger partial charge is 0.270 e. The molecule has 0 unspecified atom stereocenters. The van der Waals surface area contributed by atoms with Gasteiger partial charge in [0, 0.05) is 19.0 Å². The lowest BCUT2D eigenvalue weighted by Crippen LogP contribution is -2.54.